The molecule has 0 saturated carbocycles. The summed E-state index contributed by atoms with van der Waals surface area (Å²) in [4.78, 5) is 12.9. The number of aromatic nitrogens is 2. The number of halogens is 1. The molecule has 0 aliphatic heterocycles. The van der Waals surface area contributed by atoms with Crippen molar-refractivity contribution in [2.45, 2.75) is 0 Å². The summed E-state index contributed by atoms with van der Waals surface area (Å²) in [5.74, 6) is 1.47. The molecular formula is C26H29ClN2O7. The minimum Gasteiger partial charge on any atom is -1.00 e. The van der Waals surface area contributed by atoms with Crippen LogP contribution in [-0.2, 0) is 14.1 Å². The molecule has 10 heteroatoms. The van der Waals surface area contributed by atoms with Crippen LogP contribution in [0.2, 0.25) is 0 Å². The van der Waals surface area contributed by atoms with Gasteiger partial charge in [-0.3, -0.25) is 0 Å². The average Bonchev–Trinajstić information content (AvgIpc) is 2.86. The summed E-state index contributed by atoms with van der Waals surface area (Å²) < 4.78 is 24.5. The van der Waals surface area contributed by atoms with E-state index in [0.29, 0.717) is 34.0 Å². The van der Waals surface area contributed by atoms with Gasteiger partial charge in [0.1, 0.15) is 22.9 Å². The van der Waals surface area contributed by atoms with E-state index in [1.165, 1.54) is 49.7 Å². The number of phenols is 2. The Labute approximate surface area is 215 Å². The van der Waals surface area contributed by atoms with Crippen LogP contribution in [0.25, 0.3) is 24.3 Å². The number of rotatable bonds is 8. The highest BCUT2D eigenvalue weighted by Gasteiger charge is 2.17. The van der Waals surface area contributed by atoms with E-state index in [0.717, 1.165) is 0 Å². The molecular weight excluding hydrogens is 488 g/mol. The summed E-state index contributed by atoms with van der Waals surface area (Å²) in [7, 11) is 9.28. The van der Waals surface area contributed by atoms with Gasteiger partial charge in [0.25, 0.3) is 0 Å². The van der Waals surface area contributed by atoms with Crippen molar-refractivity contribution < 1.29 is 46.1 Å². The second-order valence-electron chi connectivity index (χ2n) is 7.53. The monoisotopic (exact) mass is 516 g/mol. The van der Waals surface area contributed by atoms with Crippen molar-refractivity contribution in [3.05, 3.63) is 63.3 Å². The molecule has 0 amide bonds. The zero-order chi connectivity index (χ0) is 25.7. The maximum Gasteiger partial charge on any atom is 0.498 e. The van der Waals surface area contributed by atoms with Gasteiger partial charge < -0.3 is 41.6 Å². The van der Waals surface area contributed by atoms with Crippen molar-refractivity contribution in [1.82, 2.24) is 4.57 Å². The molecule has 3 rings (SSSR count). The highest BCUT2D eigenvalue weighted by atomic mass is 35.5. The van der Waals surface area contributed by atoms with Gasteiger partial charge in [-0.2, -0.15) is 13.9 Å². The summed E-state index contributed by atoms with van der Waals surface area (Å²) in [6.07, 6.45) is 6.88. The molecule has 0 saturated heterocycles. The van der Waals surface area contributed by atoms with Crippen LogP contribution in [0, 0.1) is 0 Å². The van der Waals surface area contributed by atoms with Crippen molar-refractivity contribution in [3.8, 4) is 34.5 Å². The quantitative estimate of drug-likeness (QED) is 0.406. The average molecular weight is 517 g/mol. The minimum absolute atomic E-state index is 0. The summed E-state index contributed by atoms with van der Waals surface area (Å²) in [6.45, 7) is 0. The van der Waals surface area contributed by atoms with E-state index in [1.54, 1.807) is 50.5 Å². The number of nitrogens with zero attached hydrogens (tertiary/aromatic N) is 2. The number of methoxy groups -OCH3 is 4. The van der Waals surface area contributed by atoms with Crippen molar-refractivity contribution in [1.29, 1.82) is 0 Å². The Morgan fingerprint density at radius 3 is 1.69 bits per heavy atom. The lowest BCUT2D eigenvalue weighted by Crippen LogP contribution is -3.00. The first-order valence-electron chi connectivity index (χ1n) is 10.6. The Kier molecular flexibility index (Phi) is 9.40. The fourth-order valence-electron chi connectivity index (χ4n) is 3.69. The lowest BCUT2D eigenvalue weighted by molar-refractivity contribution is -0.692. The standard InChI is InChI=1S/C26H28N2O7.ClH/c1-27-16(7-9-18-22(32-3)13-11-20(29)24(18)34-5)15-17(28(2)26(27)31)8-10-19-23(33-4)14-12-21(30)25(19)35-6;/h7-15H,1-6H3,(H-,29,30);1H. The molecule has 0 unspecified atom stereocenters. The molecule has 0 radical (unpaired) electrons. The van der Waals surface area contributed by atoms with Gasteiger partial charge in [-0.05, 0) is 48.6 Å². The van der Waals surface area contributed by atoms with Crippen LogP contribution < -0.4 is 41.6 Å². The van der Waals surface area contributed by atoms with Crippen LogP contribution in [0.3, 0.4) is 0 Å². The van der Waals surface area contributed by atoms with E-state index in [-0.39, 0.29) is 41.1 Å². The fourth-order valence-corrected chi connectivity index (χ4v) is 3.69. The van der Waals surface area contributed by atoms with Gasteiger partial charge in [-0.1, -0.05) is 0 Å². The molecule has 0 bridgehead atoms. The highest BCUT2D eigenvalue weighted by molar-refractivity contribution is 5.79. The number of phenolic OH excluding ortho intramolecular Hbond substituents is 2. The van der Waals surface area contributed by atoms with Crippen LogP contribution >= 0.6 is 0 Å². The molecule has 0 aliphatic rings. The molecule has 9 nitrogen and oxygen atoms in total. The molecule has 0 spiro atoms. The maximum atomic E-state index is 12.9. The van der Waals surface area contributed by atoms with Crippen LogP contribution in [0.15, 0.2) is 35.1 Å². The molecule has 0 fully saturated rings. The van der Waals surface area contributed by atoms with E-state index in [1.807, 2.05) is 6.07 Å². The van der Waals surface area contributed by atoms with Gasteiger partial charge in [-0.15, -0.1) is 0 Å². The Morgan fingerprint density at radius 1 is 0.778 bits per heavy atom. The number of ether oxygens (including phenoxy) is 4. The van der Waals surface area contributed by atoms with Gasteiger partial charge in [-0.25, -0.2) is 0 Å². The van der Waals surface area contributed by atoms with E-state index in [9.17, 15) is 15.0 Å². The predicted octanol–water partition coefficient (Wildman–Crippen LogP) is 0.000200. The summed E-state index contributed by atoms with van der Waals surface area (Å²) in [6, 6.07) is 8.05. The number of hydrogen-bond donors (Lipinski definition) is 2. The third-order valence-electron chi connectivity index (χ3n) is 5.60. The van der Waals surface area contributed by atoms with Gasteiger partial charge in [0.15, 0.2) is 23.0 Å². The smallest absolute Gasteiger partial charge is 0.498 e. The first-order valence-corrected chi connectivity index (χ1v) is 10.6. The van der Waals surface area contributed by atoms with Gasteiger partial charge >= 0.3 is 5.69 Å². The van der Waals surface area contributed by atoms with E-state index in [2.05, 4.69) is 0 Å². The molecule has 0 atom stereocenters. The van der Waals surface area contributed by atoms with Gasteiger partial charge in [0, 0.05) is 6.07 Å². The highest BCUT2D eigenvalue weighted by Crippen LogP contribution is 2.39. The molecule has 36 heavy (non-hydrogen) atoms. The van der Waals surface area contributed by atoms with Crippen molar-refractivity contribution >= 4 is 24.3 Å². The third-order valence-corrected chi connectivity index (χ3v) is 5.60. The Hall–Kier alpha value is -4.11. The number of hydrogen-bond acceptors (Lipinski definition) is 7. The summed E-state index contributed by atoms with van der Waals surface area (Å²) in [5.41, 5.74) is 1.99. The predicted molar refractivity (Wildman–Crippen MR) is 133 cm³/mol. The summed E-state index contributed by atoms with van der Waals surface area (Å²) >= 11 is 0. The normalized spacial score (nSPS) is 10.9. The first kappa shape index (κ1) is 28.1. The van der Waals surface area contributed by atoms with Crippen LogP contribution in [-0.4, -0.2) is 43.2 Å². The van der Waals surface area contributed by atoms with E-state index >= 15 is 0 Å². The number of benzene rings is 2. The molecule has 1 heterocycles. The Bertz CT molecular complexity index is 1260. The SMILES string of the molecule is COc1ccc(O)c(OC)c1C=Cc1cc(C=Cc2c(OC)ccc(O)c2OC)[n+](C)c(=O)n1C.[Cl-]. The van der Waals surface area contributed by atoms with Gasteiger partial charge in [0.2, 0.25) is 0 Å². The lowest BCUT2D eigenvalue weighted by Gasteiger charge is -2.12. The molecule has 2 aromatic carbocycles. The fraction of sp³-hybridized carbons (Fsp3) is 0.231. The maximum absolute atomic E-state index is 12.9. The van der Waals surface area contributed by atoms with E-state index in [4.69, 9.17) is 18.9 Å². The topological polar surface area (TPSA) is 103 Å². The molecule has 3 aromatic rings. The number of aromatic hydroxyl groups is 2. The van der Waals surface area contributed by atoms with Crippen molar-refractivity contribution in [2.24, 2.45) is 14.1 Å². The van der Waals surface area contributed by atoms with Crippen LogP contribution in [0.5, 0.6) is 34.5 Å². The second-order valence-corrected chi connectivity index (χ2v) is 7.53. The zero-order valence-electron chi connectivity index (χ0n) is 20.9. The first-order chi connectivity index (χ1) is 16.8. The Balaban J connectivity index is 0.00000456. The molecule has 192 valence electrons. The second kappa shape index (κ2) is 12.0. The molecule has 0 aliphatic carbocycles. The largest absolute Gasteiger partial charge is 1.00 e. The van der Waals surface area contributed by atoms with Gasteiger partial charge in [0.05, 0.1) is 53.7 Å². The minimum atomic E-state index is -0.253. The van der Waals surface area contributed by atoms with Crippen LogP contribution in [0.4, 0.5) is 0 Å². The molecule has 1 aromatic heterocycles. The van der Waals surface area contributed by atoms with Crippen LogP contribution in [0.1, 0.15) is 22.5 Å². The summed E-state index contributed by atoms with van der Waals surface area (Å²) in [5, 5.41) is 20.3. The third kappa shape index (κ3) is 5.41. The lowest BCUT2D eigenvalue weighted by atomic mass is 10.1. The zero-order valence-corrected chi connectivity index (χ0v) is 21.7. The van der Waals surface area contributed by atoms with Crippen molar-refractivity contribution in [2.75, 3.05) is 28.4 Å². The van der Waals surface area contributed by atoms with Crippen molar-refractivity contribution in [3.63, 3.8) is 0 Å². The van der Waals surface area contributed by atoms with E-state index < -0.39 is 0 Å². The molecule has 2 N–H and O–H groups in total. The Morgan fingerprint density at radius 2 is 1.25 bits per heavy atom.